The predicted molar refractivity (Wildman–Crippen MR) is 82.8 cm³/mol. The van der Waals surface area contributed by atoms with Gasteiger partial charge in [0.05, 0.1) is 26.2 Å². The second kappa shape index (κ2) is 5.86. The van der Waals surface area contributed by atoms with Gasteiger partial charge in [0, 0.05) is 23.1 Å². The van der Waals surface area contributed by atoms with Crippen molar-refractivity contribution in [2.45, 2.75) is 11.3 Å². The largest absolute Gasteiger partial charge is 0.497 e. The highest BCUT2D eigenvalue weighted by atomic mass is 35.5. The minimum atomic E-state index is -0.213. The molecule has 1 heterocycles. The molecule has 2 atom stereocenters. The predicted octanol–water partition coefficient (Wildman–Crippen LogP) is 4.16. The molecule has 0 amide bonds. The molecule has 110 valence electrons. The van der Waals surface area contributed by atoms with E-state index in [0.29, 0.717) is 6.61 Å². The number of rotatable bonds is 4. The molecule has 0 N–H and O–H groups in total. The average Bonchev–Trinajstić information content (AvgIpc) is 2.97. The number of alkyl halides is 1. The summed E-state index contributed by atoms with van der Waals surface area (Å²) in [6.07, 6.45) is 0. The van der Waals surface area contributed by atoms with Gasteiger partial charge in [0.25, 0.3) is 0 Å². The highest BCUT2D eigenvalue weighted by molar-refractivity contribution is 6.21. The van der Waals surface area contributed by atoms with Crippen molar-refractivity contribution in [2.75, 3.05) is 20.8 Å². The molecule has 1 aliphatic rings. The Bertz CT molecular complexity index is 642. The Morgan fingerprint density at radius 3 is 2.71 bits per heavy atom. The molecular formula is C17H17ClO3. The number of halogens is 1. The van der Waals surface area contributed by atoms with Crippen molar-refractivity contribution in [2.24, 2.45) is 0 Å². The second-order valence-electron chi connectivity index (χ2n) is 4.96. The van der Waals surface area contributed by atoms with Crippen LogP contribution in [0.15, 0.2) is 42.5 Å². The first-order valence-electron chi connectivity index (χ1n) is 6.82. The van der Waals surface area contributed by atoms with Gasteiger partial charge in [0.2, 0.25) is 0 Å². The highest BCUT2D eigenvalue weighted by Crippen LogP contribution is 2.47. The minimum absolute atomic E-state index is 0.116. The SMILES string of the molecule is COc1ccc(C(Cl)C2COc3ccccc32)c(OC)c1. The van der Waals surface area contributed by atoms with Gasteiger partial charge >= 0.3 is 0 Å². The molecule has 2 aromatic carbocycles. The number of methoxy groups -OCH3 is 2. The van der Waals surface area contributed by atoms with Gasteiger partial charge in [-0.05, 0) is 12.1 Å². The molecule has 0 spiro atoms. The Morgan fingerprint density at radius 1 is 1.14 bits per heavy atom. The maximum absolute atomic E-state index is 6.72. The fourth-order valence-electron chi connectivity index (χ4n) is 2.69. The third kappa shape index (κ3) is 2.54. The van der Waals surface area contributed by atoms with Crippen LogP contribution < -0.4 is 14.2 Å². The highest BCUT2D eigenvalue weighted by Gasteiger charge is 2.32. The molecule has 3 rings (SSSR count). The number of hydrogen-bond acceptors (Lipinski definition) is 3. The zero-order valence-electron chi connectivity index (χ0n) is 12.0. The van der Waals surface area contributed by atoms with Crippen LogP contribution in [0.1, 0.15) is 22.4 Å². The Balaban J connectivity index is 1.94. The molecule has 4 heteroatoms. The zero-order valence-corrected chi connectivity index (χ0v) is 12.8. The van der Waals surface area contributed by atoms with E-state index in [4.69, 9.17) is 25.8 Å². The van der Waals surface area contributed by atoms with Crippen molar-refractivity contribution >= 4 is 11.6 Å². The van der Waals surface area contributed by atoms with Crippen LogP contribution >= 0.6 is 11.6 Å². The zero-order chi connectivity index (χ0) is 14.8. The van der Waals surface area contributed by atoms with Gasteiger partial charge in [0.1, 0.15) is 17.2 Å². The standard InChI is InChI=1S/C17H17ClO3/c1-19-11-7-8-13(16(9-11)20-2)17(18)14-10-21-15-6-4-3-5-12(14)15/h3-9,14,17H,10H2,1-2H3. The number of hydrogen-bond donors (Lipinski definition) is 0. The third-order valence-corrected chi connectivity index (χ3v) is 4.37. The van der Waals surface area contributed by atoms with Gasteiger partial charge in [-0.3, -0.25) is 0 Å². The summed E-state index contributed by atoms with van der Waals surface area (Å²) in [7, 11) is 3.27. The summed E-state index contributed by atoms with van der Waals surface area (Å²) in [5.74, 6) is 2.52. The van der Waals surface area contributed by atoms with Crippen LogP contribution in [0.25, 0.3) is 0 Å². The van der Waals surface area contributed by atoms with Crippen molar-refractivity contribution in [1.29, 1.82) is 0 Å². The Labute approximate surface area is 129 Å². The van der Waals surface area contributed by atoms with Crippen molar-refractivity contribution in [3.63, 3.8) is 0 Å². The van der Waals surface area contributed by atoms with Crippen LogP contribution in [0.3, 0.4) is 0 Å². The van der Waals surface area contributed by atoms with Gasteiger partial charge in [-0.25, -0.2) is 0 Å². The van der Waals surface area contributed by atoms with Crippen LogP contribution in [0.5, 0.6) is 17.2 Å². The van der Waals surface area contributed by atoms with E-state index in [-0.39, 0.29) is 11.3 Å². The summed E-state index contributed by atoms with van der Waals surface area (Å²) in [5.41, 5.74) is 2.10. The van der Waals surface area contributed by atoms with Crippen LogP contribution in [0.2, 0.25) is 0 Å². The fraction of sp³-hybridized carbons (Fsp3) is 0.294. The molecular weight excluding hydrogens is 288 g/mol. The van der Waals surface area contributed by atoms with Crippen molar-refractivity contribution in [1.82, 2.24) is 0 Å². The van der Waals surface area contributed by atoms with Gasteiger partial charge in [-0.1, -0.05) is 24.3 Å². The quantitative estimate of drug-likeness (QED) is 0.794. The van der Waals surface area contributed by atoms with E-state index in [1.165, 1.54) is 0 Å². The number of benzene rings is 2. The molecule has 0 saturated heterocycles. The van der Waals surface area contributed by atoms with E-state index in [1.807, 2.05) is 36.4 Å². The molecule has 0 bridgehead atoms. The summed E-state index contributed by atoms with van der Waals surface area (Å²) in [6.45, 7) is 0.586. The molecule has 0 aliphatic carbocycles. The van der Waals surface area contributed by atoms with Gasteiger partial charge in [0.15, 0.2) is 0 Å². The Kier molecular flexibility index (Phi) is 3.93. The van der Waals surface area contributed by atoms with Gasteiger partial charge in [-0.2, -0.15) is 0 Å². The van der Waals surface area contributed by atoms with Gasteiger partial charge in [-0.15, -0.1) is 11.6 Å². The topological polar surface area (TPSA) is 27.7 Å². The molecule has 2 aromatic rings. The first-order chi connectivity index (χ1) is 10.2. The monoisotopic (exact) mass is 304 g/mol. The molecule has 3 nitrogen and oxygen atoms in total. The fourth-order valence-corrected chi connectivity index (χ4v) is 3.08. The second-order valence-corrected chi connectivity index (χ2v) is 5.44. The van der Waals surface area contributed by atoms with Crippen LogP contribution in [0, 0.1) is 0 Å². The van der Waals surface area contributed by atoms with E-state index in [2.05, 4.69) is 6.07 Å². The Morgan fingerprint density at radius 2 is 1.95 bits per heavy atom. The number of ether oxygens (including phenoxy) is 3. The number of para-hydroxylation sites is 1. The molecule has 1 aliphatic heterocycles. The van der Waals surface area contributed by atoms with E-state index in [0.717, 1.165) is 28.4 Å². The summed E-state index contributed by atoms with van der Waals surface area (Å²) in [6, 6.07) is 13.7. The normalized spacial score (nSPS) is 17.8. The summed E-state index contributed by atoms with van der Waals surface area (Å²) in [5, 5.41) is -0.213. The molecule has 21 heavy (non-hydrogen) atoms. The van der Waals surface area contributed by atoms with Gasteiger partial charge < -0.3 is 14.2 Å². The van der Waals surface area contributed by atoms with Crippen LogP contribution in [0.4, 0.5) is 0 Å². The summed E-state index contributed by atoms with van der Waals surface area (Å²) in [4.78, 5) is 0. The van der Waals surface area contributed by atoms with E-state index >= 15 is 0 Å². The smallest absolute Gasteiger partial charge is 0.127 e. The molecule has 2 unspecified atom stereocenters. The van der Waals surface area contributed by atoms with Crippen molar-refractivity contribution < 1.29 is 14.2 Å². The van der Waals surface area contributed by atoms with E-state index in [9.17, 15) is 0 Å². The molecule has 0 radical (unpaired) electrons. The first-order valence-corrected chi connectivity index (χ1v) is 7.26. The third-order valence-electron chi connectivity index (χ3n) is 3.83. The van der Waals surface area contributed by atoms with E-state index < -0.39 is 0 Å². The summed E-state index contributed by atoms with van der Waals surface area (Å²) >= 11 is 6.72. The molecule has 0 fully saturated rings. The molecule has 0 aromatic heterocycles. The molecule has 0 saturated carbocycles. The minimum Gasteiger partial charge on any atom is -0.497 e. The lowest BCUT2D eigenvalue weighted by molar-refractivity contribution is 0.325. The maximum atomic E-state index is 6.72. The lowest BCUT2D eigenvalue weighted by Gasteiger charge is -2.19. The first kappa shape index (κ1) is 14.1. The van der Waals surface area contributed by atoms with Crippen LogP contribution in [-0.2, 0) is 0 Å². The van der Waals surface area contributed by atoms with Crippen LogP contribution in [-0.4, -0.2) is 20.8 Å². The van der Waals surface area contributed by atoms with E-state index in [1.54, 1.807) is 14.2 Å². The lowest BCUT2D eigenvalue weighted by atomic mass is 9.92. The van der Waals surface area contributed by atoms with Crippen molar-refractivity contribution in [3.8, 4) is 17.2 Å². The Hall–Kier alpha value is -1.87. The summed E-state index contributed by atoms with van der Waals surface area (Å²) < 4.78 is 16.4. The maximum Gasteiger partial charge on any atom is 0.127 e. The average molecular weight is 305 g/mol. The van der Waals surface area contributed by atoms with Crippen molar-refractivity contribution in [3.05, 3.63) is 53.6 Å². The number of fused-ring (bicyclic) bond motifs is 1. The lowest BCUT2D eigenvalue weighted by Crippen LogP contribution is -2.09.